The van der Waals surface area contributed by atoms with Crippen molar-refractivity contribution in [2.45, 2.75) is 62.2 Å². The molecule has 0 heterocycles. The molecule has 0 unspecified atom stereocenters. The Morgan fingerprint density at radius 2 is 0.878 bits per heavy atom. The zero-order valence-electron chi connectivity index (χ0n) is 28.6. The lowest BCUT2D eigenvalue weighted by Crippen LogP contribution is -2.09. The summed E-state index contributed by atoms with van der Waals surface area (Å²) in [6.07, 6.45) is 3.72. The number of hydrogen-bond donors (Lipinski definition) is 0. The van der Waals surface area contributed by atoms with Crippen molar-refractivity contribution in [2.24, 2.45) is 0 Å². The molecule has 0 fully saturated rings. The molecule has 11 heteroatoms. The van der Waals surface area contributed by atoms with E-state index in [0.717, 1.165) is 44.9 Å². The molecule has 0 N–H and O–H groups in total. The van der Waals surface area contributed by atoms with Crippen LogP contribution in [0.2, 0.25) is 0 Å². The van der Waals surface area contributed by atoms with Gasteiger partial charge < -0.3 is 14.2 Å². The van der Waals surface area contributed by atoms with Gasteiger partial charge in [-0.1, -0.05) is 59.7 Å². The monoisotopic (exact) mass is 710 g/mol. The molecule has 0 aliphatic rings. The maximum Gasteiger partial charge on any atom is 0.296 e. The van der Waals surface area contributed by atoms with Crippen LogP contribution >= 0.6 is 0 Å². The first-order chi connectivity index (χ1) is 23.5. The van der Waals surface area contributed by atoms with E-state index < -0.39 is 20.2 Å². The number of aryl methyl sites for hydroxylation is 4. The minimum atomic E-state index is -3.78. The molecule has 0 bridgehead atoms. The van der Waals surface area contributed by atoms with Crippen LogP contribution in [0, 0.1) is 13.8 Å². The van der Waals surface area contributed by atoms with Crippen molar-refractivity contribution in [2.75, 3.05) is 40.6 Å². The summed E-state index contributed by atoms with van der Waals surface area (Å²) >= 11 is 0. The first-order valence-corrected chi connectivity index (χ1v) is 19.1. The molecule has 0 atom stereocenters. The summed E-state index contributed by atoms with van der Waals surface area (Å²) in [7, 11) is -4.30. The van der Waals surface area contributed by atoms with Crippen LogP contribution in [0.3, 0.4) is 0 Å². The molecular weight excluding hydrogens is 665 g/mol. The lowest BCUT2D eigenvalue weighted by Gasteiger charge is -2.13. The van der Waals surface area contributed by atoms with Gasteiger partial charge in [-0.3, -0.25) is 8.37 Å². The fourth-order valence-electron chi connectivity index (χ4n) is 5.27. The minimum absolute atomic E-state index is 0.0923. The van der Waals surface area contributed by atoms with Crippen LogP contribution in [-0.2, 0) is 59.0 Å². The van der Waals surface area contributed by atoms with E-state index in [-0.39, 0.29) is 23.0 Å². The van der Waals surface area contributed by atoms with Crippen LogP contribution in [0.15, 0.2) is 94.7 Å². The van der Waals surface area contributed by atoms with Crippen molar-refractivity contribution in [3.05, 3.63) is 118 Å². The third kappa shape index (κ3) is 11.7. The van der Waals surface area contributed by atoms with Gasteiger partial charge in [0, 0.05) is 0 Å². The average Bonchev–Trinajstić information content (AvgIpc) is 3.09. The predicted octanol–water partition coefficient (Wildman–Crippen LogP) is 6.80. The maximum absolute atomic E-state index is 12.5. The van der Waals surface area contributed by atoms with Crippen LogP contribution in [0.25, 0.3) is 0 Å². The molecule has 0 aromatic heterocycles. The predicted molar refractivity (Wildman–Crippen MR) is 189 cm³/mol. The fourth-order valence-corrected chi connectivity index (χ4v) is 7.15. The highest BCUT2D eigenvalue weighted by Crippen LogP contribution is 2.24. The second-order valence-corrected chi connectivity index (χ2v) is 15.0. The summed E-state index contributed by atoms with van der Waals surface area (Å²) in [5, 5.41) is 0. The van der Waals surface area contributed by atoms with Crippen molar-refractivity contribution in [3.63, 3.8) is 0 Å². The number of benzene rings is 4. The molecule has 0 aliphatic heterocycles. The van der Waals surface area contributed by atoms with Gasteiger partial charge in [-0.2, -0.15) is 16.8 Å². The molecule has 4 aromatic rings. The standard InChI is InChI=1S/C38H46O9S2/c1-29-9-15-35(16-10-29)48(39,40)46-23-5-7-31-13-19-37(43-3)33(27-31)21-25-45-26-22-34-28-32(14-20-38(34)44-4)8-6-24-47-49(41,42)36-17-11-30(2)12-18-36/h9-20,27-28H,5-8,21-26H2,1-4H3. The summed E-state index contributed by atoms with van der Waals surface area (Å²) < 4.78 is 77.5. The number of ether oxygens (including phenoxy) is 3. The quantitative estimate of drug-likeness (QED) is 0.0722. The Bertz CT molecular complexity index is 1720. The Morgan fingerprint density at radius 3 is 1.24 bits per heavy atom. The highest BCUT2D eigenvalue weighted by molar-refractivity contribution is 7.87. The molecule has 0 saturated heterocycles. The van der Waals surface area contributed by atoms with Gasteiger partial charge in [0.15, 0.2) is 0 Å². The van der Waals surface area contributed by atoms with Gasteiger partial charge in [-0.15, -0.1) is 0 Å². The van der Waals surface area contributed by atoms with E-state index in [9.17, 15) is 16.8 Å². The van der Waals surface area contributed by atoms with Crippen LogP contribution in [0.1, 0.15) is 46.2 Å². The summed E-state index contributed by atoms with van der Waals surface area (Å²) in [4.78, 5) is 0.316. The molecule has 4 rings (SSSR count). The number of methoxy groups -OCH3 is 2. The van der Waals surface area contributed by atoms with E-state index in [2.05, 4.69) is 12.1 Å². The molecule has 0 spiro atoms. The van der Waals surface area contributed by atoms with E-state index in [1.54, 1.807) is 62.8 Å². The molecular formula is C38H46O9S2. The van der Waals surface area contributed by atoms with Crippen LogP contribution < -0.4 is 9.47 Å². The summed E-state index contributed by atoms with van der Waals surface area (Å²) in [6, 6.07) is 25.2. The van der Waals surface area contributed by atoms with Gasteiger partial charge in [0.2, 0.25) is 0 Å². The van der Waals surface area contributed by atoms with Crippen molar-refractivity contribution >= 4 is 20.2 Å². The Labute approximate surface area is 291 Å². The van der Waals surface area contributed by atoms with Crippen LogP contribution in [-0.4, -0.2) is 57.5 Å². The van der Waals surface area contributed by atoms with Gasteiger partial charge in [-0.05, 0) is 111 Å². The molecule has 264 valence electrons. The van der Waals surface area contributed by atoms with Crippen molar-refractivity contribution in [1.29, 1.82) is 0 Å². The van der Waals surface area contributed by atoms with Crippen LogP contribution in [0.5, 0.6) is 11.5 Å². The molecule has 0 aliphatic carbocycles. The summed E-state index contributed by atoms with van der Waals surface area (Å²) in [6.45, 7) is 4.97. The third-order valence-corrected chi connectivity index (χ3v) is 10.7. The molecule has 9 nitrogen and oxygen atoms in total. The van der Waals surface area contributed by atoms with E-state index in [1.807, 2.05) is 38.1 Å². The van der Waals surface area contributed by atoms with Crippen molar-refractivity contribution in [1.82, 2.24) is 0 Å². The number of hydrogen-bond acceptors (Lipinski definition) is 9. The largest absolute Gasteiger partial charge is 0.496 e. The first-order valence-electron chi connectivity index (χ1n) is 16.3. The third-order valence-electron chi connectivity index (χ3n) is 8.04. The molecule has 0 saturated carbocycles. The first kappa shape index (κ1) is 38.1. The second kappa shape index (κ2) is 18.3. The van der Waals surface area contributed by atoms with Crippen molar-refractivity contribution in [3.8, 4) is 11.5 Å². The second-order valence-electron chi connectivity index (χ2n) is 11.8. The van der Waals surface area contributed by atoms with Crippen molar-refractivity contribution < 1.29 is 39.4 Å². The van der Waals surface area contributed by atoms with E-state index in [1.165, 1.54) is 0 Å². The Hall–Kier alpha value is -3.74. The highest BCUT2D eigenvalue weighted by atomic mass is 32.2. The Morgan fingerprint density at radius 1 is 0.490 bits per heavy atom. The molecule has 0 radical (unpaired) electrons. The van der Waals surface area contributed by atoms with Gasteiger partial charge >= 0.3 is 0 Å². The summed E-state index contributed by atoms with van der Waals surface area (Å²) in [5.74, 6) is 1.55. The average molecular weight is 711 g/mol. The SMILES string of the molecule is COc1ccc(CCCOS(=O)(=O)c2ccc(C)cc2)cc1CCOCCc1cc(CCCOS(=O)(=O)c2ccc(C)cc2)ccc1OC. The highest BCUT2D eigenvalue weighted by Gasteiger charge is 2.16. The van der Waals surface area contributed by atoms with E-state index in [0.29, 0.717) is 51.7 Å². The smallest absolute Gasteiger partial charge is 0.296 e. The maximum atomic E-state index is 12.5. The number of rotatable bonds is 20. The van der Waals surface area contributed by atoms with E-state index >= 15 is 0 Å². The van der Waals surface area contributed by atoms with E-state index in [4.69, 9.17) is 22.6 Å². The Balaban J connectivity index is 1.21. The van der Waals surface area contributed by atoms with Crippen LogP contribution in [0.4, 0.5) is 0 Å². The molecule has 0 amide bonds. The van der Waals surface area contributed by atoms with Gasteiger partial charge in [0.05, 0.1) is 50.4 Å². The molecule has 4 aromatic carbocycles. The molecule has 49 heavy (non-hydrogen) atoms. The topological polar surface area (TPSA) is 114 Å². The lowest BCUT2D eigenvalue weighted by atomic mass is 10.0. The lowest BCUT2D eigenvalue weighted by molar-refractivity contribution is 0.139. The van der Waals surface area contributed by atoms with Gasteiger partial charge in [0.1, 0.15) is 11.5 Å². The fraction of sp³-hybridized carbons (Fsp3) is 0.368. The normalized spacial score (nSPS) is 11.8. The minimum Gasteiger partial charge on any atom is -0.496 e. The Kier molecular flexibility index (Phi) is 14.2. The zero-order chi connectivity index (χ0) is 35.3. The zero-order valence-corrected chi connectivity index (χ0v) is 30.3. The van der Waals surface area contributed by atoms with Gasteiger partial charge in [-0.25, -0.2) is 0 Å². The summed E-state index contributed by atoms with van der Waals surface area (Å²) in [5.41, 5.74) is 6.12. The van der Waals surface area contributed by atoms with Gasteiger partial charge in [0.25, 0.3) is 20.2 Å².